The van der Waals surface area contributed by atoms with Crippen LogP contribution < -0.4 is 22.1 Å². The van der Waals surface area contributed by atoms with Gasteiger partial charge in [-0.1, -0.05) is 48.4 Å². The first kappa shape index (κ1) is 37.4. The maximum atomic E-state index is 15.2. The smallest absolute Gasteiger partial charge is 0.222 e. The van der Waals surface area contributed by atoms with Crippen LogP contribution in [0.3, 0.4) is 0 Å². The number of nitrogens with one attached hydrogen (secondary N) is 2. The number of hydrogen-bond acceptors (Lipinski definition) is 6. The molecule has 0 saturated carbocycles. The molecule has 48 heavy (non-hydrogen) atoms. The van der Waals surface area contributed by atoms with E-state index in [0.717, 1.165) is 68.9 Å². The Hall–Kier alpha value is -3.37. The largest absolute Gasteiger partial charge is 0.388 e. The van der Waals surface area contributed by atoms with Crippen molar-refractivity contribution >= 4 is 34.9 Å². The second kappa shape index (κ2) is 18.4. The number of carbonyl (C=O) groups excluding carboxylic acids is 1. The minimum atomic E-state index is -0.514. The zero-order valence-corrected chi connectivity index (χ0v) is 29.6. The third-order valence-electron chi connectivity index (χ3n) is 8.78. The van der Waals surface area contributed by atoms with Crippen LogP contribution in [0, 0.1) is 5.82 Å². The van der Waals surface area contributed by atoms with Crippen molar-refractivity contribution in [3.05, 3.63) is 87.2 Å². The Morgan fingerprint density at radius 1 is 1.19 bits per heavy atom. The second-order valence-corrected chi connectivity index (χ2v) is 13.6. The maximum absolute atomic E-state index is 15.2. The number of halogens is 2. The lowest BCUT2D eigenvalue weighted by atomic mass is 9.90. The Bertz CT molecular complexity index is 1510. The molecule has 1 fully saturated rings. The number of benzene rings is 2. The molecular weight excluding hydrogens is 627 g/mol. The summed E-state index contributed by atoms with van der Waals surface area (Å²) in [5, 5.41) is 6.70. The molecule has 4 rings (SSSR count). The molecular formula is C38H52ClFN6O2. The van der Waals surface area contributed by atoms with Crippen molar-refractivity contribution in [3.8, 4) is 0 Å². The first-order valence-corrected chi connectivity index (χ1v) is 17.6. The van der Waals surface area contributed by atoms with E-state index in [-0.39, 0.29) is 23.0 Å². The van der Waals surface area contributed by atoms with E-state index in [2.05, 4.69) is 51.0 Å². The van der Waals surface area contributed by atoms with Gasteiger partial charge in [-0.05, 0) is 107 Å². The number of carbonyl (C=O) groups is 1. The van der Waals surface area contributed by atoms with Crippen molar-refractivity contribution in [1.82, 2.24) is 10.6 Å². The van der Waals surface area contributed by atoms with Gasteiger partial charge in [-0.2, -0.15) is 0 Å². The highest BCUT2D eigenvalue weighted by Gasteiger charge is 2.25. The number of amides is 1. The fourth-order valence-electron chi connectivity index (χ4n) is 6.51. The van der Waals surface area contributed by atoms with E-state index in [1.807, 2.05) is 19.9 Å². The number of aliphatic imine (C=N–C) groups is 2. The average Bonchev–Trinajstić information content (AvgIpc) is 3.42. The lowest BCUT2D eigenvalue weighted by Crippen LogP contribution is -2.39. The van der Waals surface area contributed by atoms with Gasteiger partial charge < -0.3 is 26.8 Å². The predicted molar refractivity (Wildman–Crippen MR) is 196 cm³/mol. The zero-order valence-electron chi connectivity index (χ0n) is 28.8. The highest BCUT2D eigenvalue weighted by molar-refractivity contribution is 6.31. The molecule has 6 N–H and O–H groups in total. The molecule has 8 nitrogen and oxygen atoms in total. The lowest BCUT2D eigenvalue weighted by Gasteiger charge is -2.33. The Labute approximate surface area is 290 Å². The van der Waals surface area contributed by atoms with Crippen LogP contribution in [-0.2, 0) is 22.4 Å². The molecule has 1 saturated heterocycles. The van der Waals surface area contributed by atoms with Gasteiger partial charge in [-0.15, -0.1) is 0 Å². The van der Waals surface area contributed by atoms with E-state index in [1.165, 1.54) is 24.5 Å². The second-order valence-electron chi connectivity index (χ2n) is 13.2. The van der Waals surface area contributed by atoms with Crippen LogP contribution in [0.2, 0.25) is 5.02 Å². The molecule has 0 aliphatic carbocycles. The van der Waals surface area contributed by atoms with Gasteiger partial charge in [0.1, 0.15) is 5.84 Å². The molecule has 1 amide bonds. The molecule has 2 aliphatic heterocycles. The van der Waals surface area contributed by atoms with E-state index in [0.29, 0.717) is 41.6 Å². The summed E-state index contributed by atoms with van der Waals surface area (Å²) in [6.07, 6.45) is 13.3. The third-order valence-corrected chi connectivity index (χ3v) is 9.06. The van der Waals surface area contributed by atoms with Crippen LogP contribution in [0.25, 0.3) is 5.70 Å². The van der Waals surface area contributed by atoms with E-state index in [1.54, 1.807) is 19.2 Å². The molecule has 0 bridgehead atoms. The van der Waals surface area contributed by atoms with Gasteiger partial charge in [0, 0.05) is 43.3 Å². The third kappa shape index (κ3) is 11.4. The van der Waals surface area contributed by atoms with E-state index in [9.17, 15) is 4.79 Å². The lowest BCUT2D eigenvalue weighted by molar-refractivity contribution is -0.117. The van der Waals surface area contributed by atoms with Crippen molar-refractivity contribution in [1.29, 1.82) is 0 Å². The molecule has 4 atom stereocenters. The molecule has 10 heteroatoms. The number of piperidine rings is 1. The molecule has 2 aromatic carbocycles. The highest BCUT2D eigenvalue weighted by Crippen LogP contribution is 2.32. The molecule has 0 unspecified atom stereocenters. The molecule has 2 heterocycles. The van der Waals surface area contributed by atoms with Gasteiger partial charge in [-0.25, -0.2) is 9.38 Å². The molecule has 2 aromatic rings. The molecule has 0 aromatic heterocycles. The van der Waals surface area contributed by atoms with Crippen LogP contribution in [0.4, 0.5) is 4.39 Å². The monoisotopic (exact) mass is 678 g/mol. The van der Waals surface area contributed by atoms with Gasteiger partial charge in [0.15, 0.2) is 5.82 Å². The summed E-state index contributed by atoms with van der Waals surface area (Å²) in [4.78, 5) is 21.1. The number of nitrogens with two attached hydrogens (primary N) is 2. The minimum Gasteiger partial charge on any atom is -0.388 e. The summed E-state index contributed by atoms with van der Waals surface area (Å²) in [5.41, 5.74) is 16.8. The van der Waals surface area contributed by atoms with Crippen LogP contribution >= 0.6 is 11.6 Å². The van der Waals surface area contributed by atoms with Gasteiger partial charge in [0.25, 0.3) is 0 Å². The first-order valence-electron chi connectivity index (χ1n) is 17.2. The predicted octanol–water partition coefficient (Wildman–Crippen LogP) is 6.95. The Balaban J connectivity index is 1.36. The number of amidine groups is 2. The van der Waals surface area contributed by atoms with Crippen LogP contribution in [0.15, 0.2) is 64.1 Å². The van der Waals surface area contributed by atoms with Crippen molar-refractivity contribution in [3.63, 3.8) is 0 Å². The number of ether oxygens (including phenoxy) is 1. The van der Waals surface area contributed by atoms with Crippen LogP contribution in [-0.4, -0.2) is 49.4 Å². The summed E-state index contributed by atoms with van der Waals surface area (Å²) in [7, 11) is 1.70. The maximum Gasteiger partial charge on any atom is 0.222 e. The van der Waals surface area contributed by atoms with Crippen molar-refractivity contribution < 1.29 is 13.9 Å². The molecule has 0 spiro atoms. The summed E-state index contributed by atoms with van der Waals surface area (Å²) in [6.45, 7) is 5.81. The summed E-state index contributed by atoms with van der Waals surface area (Å²) in [6, 6.07) is 13.2. The quantitative estimate of drug-likeness (QED) is 0.0921. The van der Waals surface area contributed by atoms with Crippen LogP contribution in [0.5, 0.6) is 0 Å². The average molecular weight is 679 g/mol. The van der Waals surface area contributed by atoms with Crippen molar-refractivity contribution in [2.45, 2.75) is 109 Å². The van der Waals surface area contributed by atoms with E-state index in [4.69, 9.17) is 27.8 Å². The molecule has 2 aliphatic rings. The van der Waals surface area contributed by atoms with Crippen LogP contribution in [0.1, 0.15) is 100 Å². The number of nitrogens with zero attached hydrogens (tertiary/aromatic N) is 2. The number of aryl methyl sites for hydroxylation is 2. The highest BCUT2D eigenvalue weighted by atomic mass is 35.5. The topological polar surface area (TPSA) is 127 Å². The van der Waals surface area contributed by atoms with Gasteiger partial charge >= 0.3 is 0 Å². The van der Waals surface area contributed by atoms with Gasteiger partial charge in [0.2, 0.25) is 5.91 Å². The summed E-state index contributed by atoms with van der Waals surface area (Å²) < 4.78 is 20.6. The number of rotatable bonds is 15. The van der Waals surface area contributed by atoms with Crippen molar-refractivity contribution in [2.75, 3.05) is 13.7 Å². The normalized spacial score (nSPS) is 20.4. The summed E-state index contributed by atoms with van der Waals surface area (Å²) in [5.74, 6) is 0.273. The number of allylic oxidation sites excluding steroid dienone is 1. The fourth-order valence-corrected chi connectivity index (χ4v) is 6.75. The first-order chi connectivity index (χ1) is 23.0. The fraction of sp³-hybridized carbons (Fsp3) is 0.500. The molecule has 260 valence electrons. The van der Waals surface area contributed by atoms with Crippen molar-refractivity contribution in [2.24, 2.45) is 21.5 Å². The number of methoxy groups -OCH3 is 1. The number of hydrogen-bond donors (Lipinski definition) is 4. The zero-order chi connectivity index (χ0) is 34.6. The van der Waals surface area contributed by atoms with Gasteiger partial charge in [0.05, 0.1) is 29.2 Å². The van der Waals surface area contributed by atoms with Gasteiger partial charge in [-0.3, -0.25) is 9.79 Å². The molecule has 0 radical (unpaired) electrons. The SMILES string of the molecule is COC[C@H](C[C@@H]1CCC[C@@H](c2ccc(CCC/C=C3/C=C(c4cc(CCC[C@H](C)N)cc(Cl)c4F)N=C3NC(C)=O)cc2)N1)N=C(C)N. The Kier molecular flexibility index (Phi) is 14.4. The standard InChI is InChI=1S/C38H52ClFN6O2/c1-24(41)9-7-11-28-19-33(37(40)34(39)20-28)36-21-30(38(46-36)44-26(3)47)12-6-5-10-27-15-17-29(18-16-27)35-14-8-13-31(45-35)22-32(23-48-4)43-25(2)42/h12,15-21,24,31-32,35,45H,5-11,13-14,22-23,41H2,1-4H3,(H2,42,43)(H,44,46,47)/b30-12-/t24-,31-,32-,35-/m0/s1. The minimum absolute atomic E-state index is 0.0611. The summed E-state index contributed by atoms with van der Waals surface area (Å²) >= 11 is 6.28. The Morgan fingerprint density at radius 2 is 1.94 bits per heavy atom. The number of unbranched alkanes of at least 4 members (excludes halogenated alkanes) is 1. The Morgan fingerprint density at radius 3 is 2.62 bits per heavy atom. The van der Waals surface area contributed by atoms with E-state index < -0.39 is 5.82 Å². The van der Waals surface area contributed by atoms with E-state index >= 15 is 4.39 Å².